The van der Waals surface area contributed by atoms with Crippen LogP contribution < -0.4 is 10.3 Å². The van der Waals surface area contributed by atoms with Crippen molar-refractivity contribution < 1.29 is 19.1 Å². The zero-order valence-corrected chi connectivity index (χ0v) is 18.5. The quantitative estimate of drug-likeness (QED) is 0.432. The number of hydrogen-bond donors (Lipinski definition) is 1. The second-order valence-corrected chi connectivity index (χ2v) is 8.87. The van der Waals surface area contributed by atoms with E-state index in [0.717, 1.165) is 11.3 Å². The topological polar surface area (TPSA) is 101 Å². The first kappa shape index (κ1) is 20.4. The molecule has 0 radical (unpaired) electrons. The van der Waals surface area contributed by atoms with E-state index < -0.39 is 17.4 Å². The number of aromatic hydroxyl groups is 1. The van der Waals surface area contributed by atoms with Crippen molar-refractivity contribution >= 4 is 50.7 Å². The summed E-state index contributed by atoms with van der Waals surface area (Å²) in [5.74, 6) is -0.836. The summed E-state index contributed by atoms with van der Waals surface area (Å²) in [6.45, 7) is 3.12. The van der Waals surface area contributed by atoms with Crippen molar-refractivity contribution in [2.75, 3.05) is 4.90 Å². The first-order valence-corrected chi connectivity index (χ1v) is 10.8. The molecule has 1 N–H and O–H groups in total. The molecule has 1 aliphatic rings. The summed E-state index contributed by atoms with van der Waals surface area (Å²) in [6.07, 6.45) is 0. The first-order chi connectivity index (χ1) is 15.3. The maximum Gasteiger partial charge on any atom is 0.297 e. The van der Waals surface area contributed by atoms with Crippen LogP contribution in [0.5, 0.6) is 5.75 Å². The van der Waals surface area contributed by atoms with Crippen LogP contribution in [0.2, 0.25) is 5.02 Å². The number of hydrogen-bond acceptors (Lipinski definition) is 7. The molecule has 1 amide bonds. The van der Waals surface area contributed by atoms with E-state index in [1.165, 1.54) is 30.0 Å². The molecule has 0 spiro atoms. The lowest BCUT2D eigenvalue weighted by Gasteiger charge is -2.22. The van der Waals surface area contributed by atoms with Gasteiger partial charge in [-0.2, -0.15) is 0 Å². The fraction of sp³-hybridized carbons (Fsp3) is 0.130. The van der Waals surface area contributed by atoms with E-state index >= 15 is 0 Å². The molecule has 0 aliphatic carbocycles. The van der Waals surface area contributed by atoms with Crippen molar-refractivity contribution in [1.82, 2.24) is 4.98 Å². The predicted molar refractivity (Wildman–Crippen MR) is 121 cm³/mol. The molecule has 0 fully saturated rings. The monoisotopic (exact) mass is 466 g/mol. The number of Topliss-reactive ketones (excluding diaryl/α,β-unsaturated/α-hetero) is 1. The maximum absolute atomic E-state index is 13.5. The van der Waals surface area contributed by atoms with Crippen molar-refractivity contribution in [3.63, 3.8) is 0 Å². The highest BCUT2D eigenvalue weighted by Gasteiger charge is 2.45. The summed E-state index contributed by atoms with van der Waals surface area (Å²) in [7, 11) is 0. The van der Waals surface area contributed by atoms with E-state index in [2.05, 4.69) is 4.98 Å². The Kier molecular flexibility index (Phi) is 4.65. The Morgan fingerprint density at radius 1 is 1.22 bits per heavy atom. The number of amides is 1. The fourth-order valence-electron chi connectivity index (χ4n) is 3.96. The Morgan fingerprint density at radius 3 is 2.69 bits per heavy atom. The van der Waals surface area contributed by atoms with Crippen molar-refractivity contribution in [3.8, 4) is 5.75 Å². The number of anilines is 1. The van der Waals surface area contributed by atoms with E-state index in [4.69, 9.17) is 16.0 Å². The minimum absolute atomic E-state index is 0.0173. The lowest BCUT2D eigenvalue weighted by Crippen LogP contribution is -2.29. The summed E-state index contributed by atoms with van der Waals surface area (Å²) in [5, 5.41) is 10.9. The third kappa shape index (κ3) is 3.03. The number of fused-ring (bicyclic) bond motifs is 2. The normalized spacial score (nSPS) is 15.4. The standard InChI is InChI=1S/C23H15ClN2O5S/c1-10-21(11(2)27)32-23(25-10)26-18(12-4-3-5-14(28)8-12)17-19(29)15-9-13(24)6-7-16(15)31-20(17)22(26)30/h3-9,18,28H,1-2H3. The Bertz CT molecular complexity index is 1510. The van der Waals surface area contributed by atoms with Gasteiger partial charge < -0.3 is 9.52 Å². The third-order valence-electron chi connectivity index (χ3n) is 5.33. The lowest BCUT2D eigenvalue weighted by molar-refractivity contribution is 0.0969. The number of thiazole rings is 1. The average Bonchev–Trinajstić information content (AvgIpc) is 3.26. The number of nitrogens with zero attached hydrogens (tertiary/aromatic N) is 2. The van der Waals surface area contributed by atoms with Crippen LogP contribution in [0.4, 0.5) is 5.13 Å². The molecule has 2 aromatic carbocycles. The van der Waals surface area contributed by atoms with Crippen molar-refractivity contribution in [2.24, 2.45) is 0 Å². The molecular weight excluding hydrogens is 452 g/mol. The smallest absolute Gasteiger partial charge is 0.297 e. The van der Waals surface area contributed by atoms with Crippen molar-refractivity contribution in [1.29, 1.82) is 0 Å². The van der Waals surface area contributed by atoms with Crippen molar-refractivity contribution in [3.05, 3.63) is 85.2 Å². The molecule has 160 valence electrons. The van der Waals surface area contributed by atoms with E-state index in [1.807, 2.05) is 0 Å². The molecule has 0 saturated heterocycles. The van der Waals surface area contributed by atoms with Crippen LogP contribution in [0.15, 0.2) is 51.7 Å². The zero-order valence-electron chi connectivity index (χ0n) is 16.9. The van der Waals surface area contributed by atoms with Crippen LogP contribution in [0.3, 0.4) is 0 Å². The number of phenolic OH excluding ortho intramolecular Hbond substituents is 1. The summed E-state index contributed by atoms with van der Waals surface area (Å²) in [5.41, 5.74) is 0.971. The summed E-state index contributed by atoms with van der Waals surface area (Å²) in [4.78, 5) is 45.2. The van der Waals surface area contributed by atoms with Gasteiger partial charge in [0.25, 0.3) is 5.91 Å². The zero-order chi connectivity index (χ0) is 22.7. The molecular formula is C23H15ClN2O5S. The maximum atomic E-state index is 13.5. The average molecular weight is 467 g/mol. The molecule has 0 saturated carbocycles. The Hall–Kier alpha value is -3.49. The number of phenols is 1. The van der Waals surface area contributed by atoms with E-state index in [1.54, 1.807) is 31.2 Å². The van der Waals surface area contributed by atoms with Gasteiger partial charge in [0.2, 0.25) is 5.76 Å². The SMILES string of the molecule is CC(=O)c1sc(N2C(=O)c3oc4ccc(Cl)cc4c(=O)c3C2c2cccc(O)c2)nc1C. The fourth-order valence-corrected chi connectivity index (χ4v) is 5.13. The van der Waals surface area contributed by atoms with E-state index in [9.17, 15) is 19.5 Å². The van der Waals surface area contributed by atoms with Gasteiger partial charge in [0.15, 0.2) is 16.3 Å². The molecule has 1 aliphatic heterocycles. The highest BCUT2D eigenvalue weighted by atomic mass is 35.5. The highest BCUT2D eigenvalue weighted by molar-refractivity contribution is 7.17. The van der Waals surface area contributed by atoms with E-state index in [0.29, 0.717) is 21.2 Å². The minimum atomic E-state index is -0.894. The second kappa shape index (κ2) is 7.29. The molecule has 5 rings (SSSR count). The largest absolute Gasteiger partial charge is 0.508 e. The molecule has 3 heterocycles. The van der Waals surface area contributed by atoms with Gasteiger partial charge in [-0.3, -0.25) is 19.3 Å². The number of ketones is 1. The summed E-state index contributed by atoms with van der Waals surface area (Å²) < 4.78 is 5.87. The van der Waals surface area contributed by atoms with Gasteiger partial charge in [-0.05, 0) is 42.8 Å². The third-order valence-corrected chi connectivity index (χ3v) is 6.82. The second-order valence-electron chi connectivity index (χ2n) is 7.45. The molecule has 7 nitrogen and oxygen atoms in total. The van der Waals surface area contributed by atoms with Crippen molar-refractivity contribution in [2.45, 2.75) is 19.9 Å². The van der Waals surface area contributed by atoms with Crippen LogP contribution in [0, 0.1) is 6.92 Å². The van der Waals surface area contributed by atoms with Gasteiger partial charge in [0.05, 0.1) is 27.6 Å². The van der Waals surface area contributed by atoms with Crippen LogP contribution in [-0.4, -0.2) is 21.8 Å². The summed E-state index contributed by atoms with van der Waals surface area (Å²) in [6, 6.07) is 10.0. The highest BCUT2D eigenvalue weighted by Crippen LogP contribution is 2.43. The summed E-state index contributed by atoms with van der Waals surface area (Å²) >= 11 is 7.16. The van der Waals surface area contributed by atoms with Gasteiger partial charge >= 0.3 is 0 Å². The van der Waals surface area contributed by atoms with Gasteiger partial charge in [-0.25, -0.2) is 4.98 Å². The van der Waals surface area contributed by atoms with Crippen LogP contribution in [0.25, 0.3) is 11.0 Å². The number of carbonyl (C=O) groups excluding carboxylic acids is 2. The number of carbonyl (C=O) groups is 2. The number of aromatic nitrogens is 1. The molecule has 9 heteroatoms. The predicted octanol–water partition coefficient (Wildman–Crippen LogP) is 4.87. The molecule has 2 aromatic heterocycles. The van der Waals surface area contributed by atoms with Gasteiger partial charge in [-0.15, -0.1) is 0 Å². The van der Waals surface area contributed by atoms with E-state index in [-0.39, 0.29) is 39.0 Å². The molecule has 1 atom stereocenters. The van der Waals surface area contributed by atoms with Crippen LogP contribution >= 0.6 is 22.9 Å². The van der Waals surface area contributed by atoms with Gasteiger partial charge in [0.1, 0.15) is 11.3 Å². The number of halogens is 1. The van der Waals surface area contributed by atoms with Crippen LogP contribution in [-0.2, 0) is 0 Å². The Labute approximate surface area is 190 Å². The molecule has 1 unspecified atom stereocenters. The number of rotatable bonds is 3. The number of benzene rings is 2. The Balaban J connectivity index is 1.82. The van der Waals surface area contributed by atoms with Crippen LogP contribution in [0.1, 0.15) is 50.0 Å². The number of aryl methyl sites for hydroxylation is 1. The molecule has 0 bridgehead atoms. The first-order valence-electron chi connectivity index (χ1n) is 9.63. The van der Waals surface area contributed by atoms with Gasteiger partial charge in [-0.1, -0.05) is 35.1 Å². The minimum Gasteiger partial charge on any atom is -0.508 e. The molecule has 32 heavy (non-hydrogen) atoms. The van der Waals surface area contributed by atoms with Gasteiger partial charge in [0, 0.05) is 11.9 Å². The molecule has 4 aromatic rings. The Morgan fingerprint density at radius 2 is 2.00 bits per heavy atom. The lowest BCUT2D eigenvalue weighted by atomic mass is 9.98.